The lowest BCUT2D eigenvalue weighted by Gasteiger charge is -2.20. The Morgan fingerprint density at radius 2 is 1.71 bits per heavy atom. The summed E-state index contributed by atoms with van der Waals surface area (Å²) in [5, 5.41) is 0.766. The average molecular weight is 392 g/mol. The first-order chi connectivity index (χ1) is 13.0. The van der Waals surface area contributed by atoms with Gasteiger partial charge in [-0.3, -0.25) is 0 Å². The van der Waals surface area contributed by atoms with Crippen LogP contribution in [0.25, 0.3) is 22.0 Å². The Morgan fingerprint density at radius 1 is 1.04 bits per heavy atom. The molecule has 3 aromatic rings. The van der Waals surface area contributed by atoms with Crippen LogP contribution in [0.2, 0.25) is 0 Å². The van der Waals surface area contributed by atoms with Crippen LogP contribution in [0.4, 0.5) is 17.6 Å². The molecule has 28 heavy (non-hydrogen) atoms. The molecule has 150 valence electrons. The molecule has 0 radical (unpaired) electrons. The summed E-state index contributed by atoms with van der Waals surface area (Å²) in [7, 11) is 0. The fourth-order valence-corrected chi connectivity index (χ4v) is 3.49. The van der Waals surface area contributed by atoms with Crippen molar-refractivity contribution in [1.82, 2.24) is 4.57 Å². The average Bonchev–Trinajstić information content (AvgIpc) is 2.96. The number of hydrogen-bond acceptors (Lipinski definition) is 1. The highest BCUT2D eigenvalue weighted by molar-refractivity contribution is 5.89. The molecule has 0 amide bonds. The van der Waals surface area contributed by atoms with Crippen LogP contribution in [-0.4, -0.2) is 11.2 Å². The van der Waals surface area contributed by atoms with Crippen LogP contribution in [0.15, 0.2) is 48.7 Å². The number of fused-ring (bicyclic) bond motifs is 1. The maximum Gasteiger partial charge on any atom is 0.417 e. The van der Waals surface area contributed by atoms with Crippen molar-refractivity contribution in [2.45, 2.75) is 39.5 Å². The highest BCUT2D eigenvalue weighted by atomic mass is 19.4. The van der Waals surface area contributed by atoms with E-state index in [1.807, 2.05) is 10.8 Å². The summed E-state index contributed by atoms with van der Waals surface area (Å²) in [6.45, 7) is 6.13. The molecule has 0 spiro atoms. The first-order valence-corrected chi connectivity index (χ1v) is 9.12. The molecule has 1 atom stereocenters. The lowest BCUT2D eigenvalue weighted by molar-refractivity contribution is -0.137. The van der Waals surface area contributed by atoms with Gasteiger partial charge < -0.3 is 10.3 Å². The molecule has 2 N–H and O–H groups in total. The largest absolute Gasteiger partial charge is 0.417 e. The second kappa shape index (κ2) is 7.24. The topological polar surface area (TPSA) is 30.9 Å². The number of halogens is 4. The van der Waals surface area contributed by atoms with Crippen LogP contribution < -0.4 is 5.73 Å². The fourth-order valence-electron chi connectivity index (χ4n) is 3.49. The van der Waals surface area contributed by atoms with Crippen molar-refractivity contribution in [3.8, 4) is 11.1 Å². The Kier molecular flexibility index (Phi) is 5.28. The van der Waals surface area contributed by atoms with Crippen molar-refractivity contribution in [3.05, 3.63) is 59.8 Å². The first kappa shape index (κ1) is 20.4. The number of nitrogens with zero attached hydrogens (tertiary/aromatic N) is 1. The molecule has 0 fully saturated rings. The van der Waals surface area contributed by atoms with E-state index >= 15 is 0 Å². The van der Waals surface area contributed by atoms with Crippen molar-refractivity contribution >= 4 is 10.9 Å². The minimum absolute atomic E-state index is 0.0666. The second-order valence-corrected chi connectivity index (χ2v) is 8.31. The van der Waals surface area contributed by atoms with Gasteiger partial charge in [0.25, 0.3) is 0 Å². The molecule has 3 rings (SSSR count). The van der Waals surface area contributed by atoms with Gasteiger partial charge in [0.1, 0.15) is 6.67 Å². The van der Waals surface area contributed by atoms with Gasteiger partial charge in [-0.1, -0.05) is 51.1 Å². The summed E-state index contributed by atoms with van der Waals surface area (Å²) >= 11 is 0. The van der Waals surface area contributed by atoms with Gasteiger partial charge in [0.05, 0.1) is 11.6 Å². The lowest BCUT2D eigenvalue weighted by Crippen LogP contribution is -2.15. The molecule has 6 heteroatoms. The zero-order chi connectivity index (χ0) is 20.7. The van der Waals surface area contributed by atoms with Gasteiger partial charge in [-0.2, -0.15) is 13.2 Å². The minimum atomic E-state index is -4.44. The molecule has 0 aliphatic rings. The number of hydrogen-bond donors (Lipinski definition) is 1. The van der Waals surface area contributed by atoms with E-state index in [2.05, 4.69) is 20.8 Å². The van der Waals surface area contributed by atoms with Crippen LogP contribution in [0.3, 0.4) is 0 Å². The summed E-state index contributed by atoms with van der Waals surface area (Å²) in [5.74, 6) is 0. The number of alkyl halides is 4. The third-order valence-electron chi connectivity index (χ3n) is 4.67. The van der Waals surface area contributed by atoms with E-state index in [-0.39, 0.29) is 11.0 Å². The maximum absolute atomic E-state index is 13.4. The molecule has 0 saturated carbocycles. The van der Waals surface area contributed by atoms with Crippen LogP contribution in [0.5, 0.6) is 0 Å². The predicted octanol–water partition coefficient (Wildman–Crippen LogP) is 6.34. The second-order valence-electron chi connectivity index (χ2n) is 8.31. The quantitative estimate of drug-likeness (QED) is 0.516. The molecule has 0 bridgehead atoms. The van der Waals surface area contributed by atoms with Crippen molar-refractivity contribution < 1.29 is 17.6 Å². The predicted molar refractivity (Wildman–Crippen MR) is 105 cm³/mol. The number of nitrogens with two attached hydrogens (primary N) is 1. The third-order valence-corrected chi connectivity index (χ3v) is 4.67. The fraction of sp³-hybridized carbons (Fsp3) is 0.364. The van der Waals surface area contributed by atoms with Gasteiger partial charge in [0.2, 0.25) is 0 Å². The third kappa shape index (κ3) is 4.07. The van der Waals surface area contributed by atoms with Crippen LogP contribution in [0.1, 0.15) is 37.9 Å². The van der Waals surface area contributed by atoms with E-state index in [1.165, 1.54) is 12.1 Å². The van der Waals surface area contributed by atoms with Gasteiger partial charge in [0, 0.05) is 23.6 Å². The van der Waals surface area contributed by atoms with Crippen LogP contribution >= 0.6 is 0 Å². The van der Waals surface area contributed by atoms with E-state index in [9.17, 15) is 17.6 Å². The van der Waals surface area contributed by atoms with E-state index in [1.54, 1.807) is 24.3 Å². The van der Waals surface area contributed by atoms with Crippen molar-refractivity contribution in [1.29, 1.82) is 0 Å². The van der Waals surface area contributed by atoms with Crippen molar-refractivity contribution in [2.24, 2.45) is 11.1 Å². The standard InChI is InChI=1S/C22H24F4N2/c1-21(2,3)13-28-12-17(19(27)11-23)16-9-8-14(10-20(16)28)15-6-4-5-7-18(15)22(24,25)26/h4-10,12,19H,11,13,27H2,1-3H3/t19-/m0/s1. The Bertz CT molecular complexity index is 980. The number of benzene rings is 2. The lowest BCUT2D eigenvalue weighted by atomic mass is 9.96. The normalized spacial score (nSPS) is 13.9. The molecule has 1 aromatic heterocycles. The van der Waals surface area contributed by atoms with Gasteiger partial charge in [-0.25, -0.2) is 4.39 Å². The molecule has 1 heterocycles. The zero-order valence-corrected chi connectivity index (χ0v) is 16.1. The summed E-state index contributed by atoms with van der Waals surface area (Å²) in [6, 6.07) is 9.87. The highest BCUT2D eigenvalue weighted by Crippen LogP contribution is 2.39. The van der Waals surface area contributed by atoms with Gasteiger partial charge >= 0.3 is 6.18 Å². The monoisotopic (exact) mass is 392 g/mol. The van der Waals surface area contributed by atoms with Gasteiger partial charge in [0.15, 0.2) is 0 Å². The first-order valence-electron chi connectivity index (χ1n) is 9.12. The van der Waals surface area contributed by atoms with Gasteiger partial charge in [-0.05, 0) is 34.2 Å². The number of rotatable bonds is 4. The Morgan fingerprint density at radius 3 is 2.32 bits per heavy atom. The SMILES string of the molecule is CC(C)(C)Cn1cc([C@@H](N)CF)c2ccc(-c3ccccc3C(F)(F)F)cc21. The molecule has 0 aliphatic carbocycles. The van der Waals surface area contributed by atoms with Gasteiger partial charge in [-0.15, -0.1) is 0 Å². The summed E-state index contributed by atoms with van der Waals surface area (Å²) in [5.41, 5.74) is 7.19. The summed E-state index contributed by atoms with van der Waals surface area (Å²) in [4.78, 5) is 0. The molecule has 0 aliphatic heterocycles. The minimum Gasteiger partial charge on any atom is -0.347 e. The highest BCUT2D eigenvalue weighted by Gasteiger charge is 2.33. The molecular formula is C22H24F4N2. The summed E-state index contributed by atoms with van der Waals surface area (Å²) in [6.07, 6.45) is -2.62. The van der Waals surface area contributed by atoms with E-state index < -0.39 is 24.5 Å². The van der Waals surface area contributed by atoms with Crippen LogP contribution in [0, 0.1) is 5.41 Å². The Hall–Kier alpha value is -2.34. The van der Waals surface area contributed by atoms with E-state index in [4.69, 9.17) is 5.73 Å². The van der Waals surface area contributed by atoms with E-state index in [0.29, 0.717) is 17.7 Å². The zero-order valence-electron chi connectivity index (χ0n) is 16.1. The molecular weight excluding hydrogens is 368 g/mol. The smallest absolute Gasteiger partial charge is 0.347 e. The molecule has 0 saturated heterocycles. The van der Waals surface area contributed by atoms with Crippen LogP contribution in [-0.2, 0) is 12.7 Å². The molecule has 2 nitrogen and oxygen atoms in total. The van der Waals surface area contributed by atoms with Crippen molar-refractivity contribution in [3.63, 3.8) is 0 Å². The Labute approximate surface area is 162 Å². The maximum atomic E-state index is 13.4. The molecule has 0 unspecified atom stereocenters. The van der Waals surface area contributed by atoms with E-state index in [0.717, 1.165) is 17.0 Å². The van der Waals surface area contributed by atoms with Crippen molar-refractivity contribution in [2.75, 3.05) is 6.67 Å². The Balaban J connectivity index is 2.22. The summed E-state index contributed by atoms with van der Waals surface area (Å²) < 4.78 is 55.5. The molecule has 2 aromatic carbocycles. The number of aromatic nitrogens is 1.